The first kappa shape index (κ1) is 27.9. The smallest absolute Gasteiger partial charge is 0.350 e. The quantitative estimate of drug-likeness (QED) is 0.115. The topological polar surface area (TPSA) is 123 Å². The average molecular weight is 595 g/mol. The van der Waals surface area contributed by atoms with Crippen LogP contribution in [0.4, 0.5) is 5.13 Å². The maximum absolute atomic E-state index is 13.7. The lowest BCUT2D eigenvalue weighted by atomic mass is 9.96. The number of fused-ring (bicyclic) bond motifs is 1. The number of imidazole rings is 1. The van der Waals surface area contributed by atoms with Gasteiger partial charge in [0.2, 0.25) is 0 Å². The van der Waals surface area contributed by atoms with Gasteiger partial charge in [-0.3, -0.25) is 18.9 Å². The molecule has 1 aliphatic rings. The summed E-state index contributed by atoms with van der Waals surface area (Å²) in [6, 6.07) is 20.9. The van der Waals surface area contributed by atoms with E-state index >= 15 is 0 Å². The summed E-state index contributed by atoms with van der Waals surface area (Å²) in [5.41, 5.74) is 3.03. The maximum atomic E-state index is 13.7. The van der Waals surface area contributed by atoms with Crippen LogP contribution in [0.3, 0.4) is 0 Å². The Morgan fingerprint density at radius 1 is 0.977 bits per heavy atom. The molecule has 0 saturated carbocycles. The van der Waals surface area contributed by atoms with E-state index in [0.717, 1.165) is 16.9 Å². The number of methoxy groups -OCH3 is 1. The van der Waals surface area contributed by atoms with Crippen molar-refractivity contribution in [2.75, 3.05) is 12.0 Å². The number of carbonyl (C=O) groups is 3. The number of esters is 1. The molecule has 6 rings (SSSR count). The van der Waals surface area contributed by atoms with Crippen LogP contribution < -0.4 is 9.64 Å². The molecule has 216 valence electrons. The Labute approximate surface area is 250 Å². The Hall–Kier alpha value is -5.29. The fourth-order valence-electron chi connectivity index (χ4n) is 5.15. The summed E-state index contributed by atoms with van der Waals surface area (Å²) in [6.07, 6.45) is 1.72. The molecule has 10 nitrogen and oxygen atoms in total. The third-order valence-corrected chi connectivity index (χ3v) is 8.29. The predicted molar refractivity (Wildman–Crippen MR) is 160 cm³/mol. The van der Waals surface area contributed by atoms with Gasteiger partial charge in [-0.1, -0.05) is 59.9 Å². The third-order valence-electron chi connectivity index (χ3n) is 7.16. The average Bonchev–Trinajstić information content (AvgIpc) is 3.65. The second-order valence-corrected chi connectivity index (χ2v) is 10.9. The molecule has 43 heavy (non-hydrogen) atoms. The number of aliphatic hydroxyl groups excluding tert-OH is 1. The van der Waals surface area contributed by atoms with Crippen LogP contribution in [-0.2, 0) is 20.9 Å². The minimum absolute atomic E-state index is 0.120. The molecule has 3 aromatic heterocycles. The molecule has 0 radical (unpaired) electrons. The summed E-state index contributed by atoms with van der Waals surface area (Å²) in [4.78, 5) is 50.2. The molecule has 2 aromatic carbocycles. The summed E-state index contributed by atoms with van der Waals surface area (Å²) >= 11 is 0.937. The van der Waals surface area contributed by atoms with Gasteiger partial charge < -0.3 is 14.6 Å². The van der Waals surface area contributed by atoms with Crippen LogP contribution in [0.15, 0.2) is 84.6 Å². The molecule has 1 N–H and O–H groups in total. The van der Waals surface area contributed by atoms with Crippen LogP contribution in [0.5, 0.6) is 5.75 Å². The van der Waals surface area contributed by atoms with Gasteiger partial charge in [-0.05, 0) is 49.2 Å². The van der Waals surface area contributed by atoms with E-state index in [1.807, 2.05) is 36.4 Å². The fourth-order valence-corrected chi connectivity index (χ4v) is 6.17. The molecule has 1 aliphatic heterocycles. The molecule has 0 aliphatic carbocycles. The summed E-state index contributed by atoms with van der Waals surface area (Å²) in [7, 11) is 1.26. The Morgan fingerprint density at radius 3 is 2.51 bits per heavy atom. The van der Waals surface area contributed by atoms with Crippen LogP contribution in [-0.4, -0.2) is 44.2 Å². The van der Waals surface area contributed by atoms with Crippen molar-refractivity contribution in [2.24, 2.45) is 0 Å². The van der Waals surface area contributed by atoms with Gasteiger partial charge in [-0.25, -0.2) is 14.8 Å². The van der Waals surface area contributed by atoms with Crippen LogP contribution >= 0.6 is 11.3 Å². The molecule has 1 atom stereocenters. The molecular weight excluding hydrogens is 568 g/mol. The van der Waals surface area contributed by atoms with Crippen LogP contribution in [0.25, 0.3) is 11.4 Å². The Kier molecular flexibility index (Phi) is 7.24. The van der Waals surface area contributed by atoms with Crippen molar-refractivity contribution < 1.29 is 29.0 Å². The largest absolute Gasteiger partial charge is 0.505 e. The summed E-state index contributed by atoms with van der Waals surface area (Å²) in [6.45, 7) is 3.65. The number of thiazole rings is 1. The third kappa shape index (κ3) is 4.93. The number of aryl methyl sites for hydroxylation is 2. The van der Waals surface area contributed by atoms with Crippen molar-refractivity contribution in [3.8, 4) is 5.75 Å². The molecule has 1 saturated heterocycles. The van der Waals surface area contributed by atoms with Gasteiger partial charge in [-0.15, -0.1) is 0 Å². The van der Waals surface area contributed by atoms with Gasteiger partial charge in [0.25, 0.3) is 5.78 Å². The number of carbonyl (C=O) groups excluding carboxylic acids is 3. The minimum atomic E-state index is -1.08. The number of ketones is 1. The van der Waals surface area contributed by atoms with Crippen molar-refractivity contribution in [2.45, 2.75) is 26.5 Å². The molecule has 1 fully saturated rings. The first-order valence-electron chi connectivity index (χ1n) is 13.4. The van der Waals surface area contributed by atoms with Crippen LogP contribution in [0, 0.1) is 13.8 Å². The summed E-state index contributed by atoms with van der Waals surface area (Å²) < 4.78 is 12.6. The Balaban J connectivity index is 1.51. The first-order valence-corrected chi connectivity index (χ1v) is 14.2. The molecule has 1 amide bonds. The fraction of sp³-hybridized carbons (Fsp3) is 0.156. The number of aromatic nitrogens is 3. The number of hydrogen-bond donors (Lipinski definition) is 1. The number of Topliss-reactive ketones (excluding diaryl/α,β-unsaturated/α-hetero) is 1. The van der Waals surface area contributed by atoms with Gasteiger partial charge in [0.15, 0.2) is 10.9 Å². The summed E-state index contributed by atoms with van der Waals surface area (Å²) in [5, 5.41) is 11.9. The monoisotopic (exact) mass is 594 g/mol. The van der Waals surface area contributed by atoms with Crippen molar-refractivity contribution in [3.05, 3.63) is 118 Å². The van der Waals surface area contributed by atoms with Crippen molar-refractivity contribution in [1.82, 2.24) is 14.4 Å². The highest BCUT2D eigenvalue weighted by molar-refractivity contribution is 7.17. The van der Waals surface area contributed by atoms with E-state index < -0.39 is 23.7 Å². The van der Waals surface area contributed by atoms with Crippen molar-refractivity contribution in [3.63, 3.8) is 0 Å². The van der Waals surface area contributed by atoms with E-state index in [0.29, 0.717) is 40.6 Å². The zero-order valence-electron chi connectivity index (χ0n) is 23.5. The van der Waals surface area contributed by atoms with Gasteiger partial charge in [0.1, 0.15) is 28.6 Å². The molecule has 11 heteroatoms. The number of anilines is 1. The summed E-state index contributed by atoms with van der Waals surface area (Å²) in [5.74, 6) is -2.26. The van der Waals surface area contributed by atoms with E-state index in [2.05, 4.69) is 9.97 Å². The van der Waals surface area contributed by atoms with Gasteiger partial charge in [-0.2, -0.15) is 0 Å². The number of pyridine rings is 1. The van der Waals surface area contributed by atoms with E-state index in [9.17, 15) is 19.5 Å². The second-order valence-electron chi connectivity index (χ2n) is 9.89. The second kappa shape index (κ2) is 11.2. The lowest BCUT2D eigenvalue weighted by Gasteiger charge is -2.23. The number of nitrogens with zero attached hydrogens (tertiary/aromatic N) is 4. The number of hydrogen-bond acceptors (Lipinski definition) is 9. The Morgan fingerprint density at radius 2 is 1.74 bits per heavy atom. The number of ether oxygens (including phenoxy) is 2. The SMILES string of the molecule is COC(=O)c1sc(N2C(=O)C(=O)/C(=C(/O)c3c(C)nc4ccccn34)C2c2cccc(OCc3ccccc3)c2)nc1C. The van der Waals surface area contributed by atoms with E-state index in [4.69, 9.17) is 9.47 Å². The van der Waals surface area contributed by atoms with Gasteiger partial charge >= 0.3 is 11.9 Å². The normalized spacial score (nSPS) is 16.2. The lowest BCUT2D eigenvalue weighted by molar-refractivity contribution is -0.132. The molecule has 0 spiro atoms. The van der Waals surface area contributed by atoms with E-state index in [1.54, 1.807) is 60.8 Å². The van der Waals surface area contributed by atoms with E-state index in [1.165, 1.54) is 12.0 Å². The first-order chi connectivity index (χ1) is 20.8. The van der Waals surface area contributed by atoms with Gasteiger partial charge in [0, 0.05) is 6.20 Å². The highest BCUT2D eigenvalue weighted by atomic mass is 32.1. The molecule has 5 aromatic rings. The highest BCUT2D eigenvalue weighted by Crippen LogP contribution is 2.45. The zero-order chi connectivity index (χ0) is 30.2. The zero-order valence-corrected chi connectivity index (χ0v) is 24.3. The van der Waals surface area contributed by atoms with E-state index in [-0.39, 0.29) is 21.3 Å². The lowest BCUT2D eigenvalue weighted by Crippen LogP contribution is -2.29. The number of amides is 1. The molecule has 0 bridgehead atoms. The minimum Gasteiger partial charge on any atom is -0.505 e. The molecular formula is C32H26N4O6S. The van der Waals surface area contributed by atoms with Crippen molar-refractivity contribution >= 4 is 45.5 Å². The number of benzene rings is 2. The number of rotatable bonds is 7. The van der Waals surface area contributed by atoms with Gasteiger partial charge in [0.05, 0.1) is 30.1 Å². The molecule has 4 heterocycles. The standard InChI is InChI=1S/C32H26N4O6S/c1-18-25(35-15-8-7-14-23(35)33-18)27(37)24-26(21-12-9-13-22(16-21)42-17-20-10-5-4-6-11-20)36(30(39)28(24)38)32-34-19(2)29(43-32)31(40)41-3/h4-16,26,37H,17H2,1-3H3/b27-24+. The van der Waals surface area contributed by atoms with Crippen LogP contribution in [0.2, 0.25) is 0 Å². The van der Waals surface area contributed by atoms with Crippen LogP contribution in [0.1, 0.15) is 43.9 Å². The Bertz CT molecular complexity index is 1930. The maximum Gasteiger partial charge on any atom is 0.350 e. The number of aliphatic hydroxyl groups is 1. The predicted octanol–water partition coefficient (Wildman–Crippen LogP) is 5.40. The highest BCUT2D eigenvalue weighted by Gasteiger charge is 2.49. The van der Waals surface area contributed by atoms with Crippen molar-refractivity contribution in [1.29, 1.82) is 0 Å². The molecule has 1 unspecified atom stereocenters.